The molecule has 7 heteroatoms. The zero-order valence-corrected chi connectivity index (χ0v) is 13.7. The van der Waals surface area contributed by atoms with E-state index in [0.29, 0.717) is 11.3 Å². The lowest BCUT2D eigenvalue weighted by atomic mass is 10.2. The van der Waals surface area contributed by atoms with Gasteiger partial charge in [0.1, 0.15) is 0 Å². The summed E-state index contributed by atoms with van der Waals surface area (Å²) in [5.74, 6) is -0.210. The van der Waals surface area contributed by atoms with Gasteiger partial charge in [0.25, 0.3) is 5.69 Å². The van der Waals surface area contributed by atoms with Crippen molar-refractivity contribution in [2.75, 3.05) is 4.31 Å². The number of hydrogen-bond donors (Lipinski definition) is 0. The highest BCUT2D eigenvalue weighted by atomic mass is 32.2. The van der Waals surface area contributed by atoms with Crippen molar-refractivity contribution in [1.29, 1.82) is 0 Å². The molecule has 0 aromatic heterocycles. The Morgan fingerprint density at radius 2 is 1.61 bits per heavy atom. The average molecular weight is 334 g/mol. The van der Waals surface area contributed by atoms with Crippen molar-refractivity contribution in [2.24, 2.45) is 0 Å². The van der Waals surface area contributed by atoms with E-state index in [-0.39, 0.29) is 17.5 Å². The van der Waals surface area contributed by atoms with E-state index in [9.17, 15) is 18.5 Å². The average Bonchev–Trinajstić information content (AvgIpc) is 2.47. The third kappa shape index (κ3) is 4.07. The summed E-state index contributed by atoms with van der Waals surface area (Å²) in [6.45, 7) is 3.61. The van der Waals surface area contributed by atoms with Crippen molar-refractivity contribution in [3.8, 4) is 0 Å². The van der Waals surface area contributed by atoms with E-state index < -0.39 is 14.9 Å². The van der Waals surface area contributed by atoms with E-state index in [0.717, 1.165) is 0 Å². The highest BCUT2D eigenvalue weighted by Gasteiger charge is 2.25. The molecule has 0 N–H and O–H groups in total. The summed E-state index contributed by atoms with van der Waals surface area (Å²) >= 11 is 0. The fourth-order valence-corrected chi connectivity index (χ4v) is 4.19. The highest BCUT2D eigenvalue weighted by molar-refractivity contribution is 7.92. The predicted molar refractivity (Wildman–Crippen MR) is 89.8 cm³/mol. The number of rotatable bonds is 6. The van der Waals surface area contributed by atoms with Crippen molar-refractivity contribution >= 4 is 21.4 Å². The molecule has 0 spiro atoms. The van der Waals surface area contributed by atoms with Crippen LogP contribution in [0.3, 0.4) is 0 Å². The van der Waals surface area contributed by atoms with E-state index in [2.05, 4.69) is 0 Å². The summed E-state index contributed by atoms with van der Waals surface area (Å²) in [5, 5.41) is 10.7. The van der Waals surface area contributed by atoms with Crippen LogP contribution in [-0.2, 0) is 15.8 Å². The highest BCUT2D eigenvalue weighted by Crippen LogP contribution is 2.24. The smallest absolute Gasteiger partial charge is 0.267 e. The quantitative estimate of drug-likeness (QED) is 0.599. The molecule has 0 radical (unpaired) electrons. The SMILES string of the molecule is CC(C)N(c1ccccc1)S(=O)(=O)Cc1ccc([N+](=O)[O-])cc1. The first kappa shape index (κ1) is 17.0. The summed E-state index contributed by atoms with van der Waals surface area (Å²) in [6.07, 6.45) is 0. The van der Waals surface area contributed by atoms with E-state index >= 15 is 0 Å². The van der Waals surface area contributed by atoms with Gasteiger partial charge in [0.15, 0.2) is 0 Å². The minimum Gasteiger partial charge on any atom is -0.267 e. The molecule has 23 heavy (non-hydrogen) atoms. The van der Waals surface area contributed by atoms with E-state index in [1.54, 1.807) is 38.1 Å². The molecule has 0 aliphatic heterocycles. The zero-order valence-electron chi connectivity index (χ0n) is 12.9. The minimum atomic E-state index is -3.60. The van der Waals surface area contributed by atoms with Crippen LogP contribution in [0.2, 0.25) is 0 Å². The molecule has 2 rings (SSSR count). The molecule has 2 aromatic rings. The van der Waals surface area contributed by atoms with Crippen molar-refractivity contribution < 1.29 is 13.3 Å². The summed E-state index contributed by atoms with van der Waals surface area (Å²) in [5.41, 5.74) is 1.05. The third-order valence-electron chi connectivity index (χ3n) is 3.28. The van der Waals surface area contributed by atoms with Gasteiger partial charge in [-0.05, 0) is 31.5 Å². The Hall–Kier alpha value is -2.41. The van der Waals surface area contributed by atoms with Crippen LogP contribution in [0.4, 0.5) is 11.4 Å². The number of hydrogen-bond acceptors (Lipinski definition) is 4. The van der Waals surface area contributed by atoms with Crippen LogP contribution in [0.25, 0.3) is 0 Å². The molecule has 0 saturated heterocycles. The topological polar surface area (TPSA) is 80.5 Å². The van der Waals surface area contributed by atoms with E-state index in [4.69, 9.17) is 0 Å². The number of anilines is 1. The van der Waals surface area contributed by atoms with E-state index in [1.807, 2.05) is 6.07 Å². The first-order valence-corrected chi connectivity index (χ1v) is 8.72. The molecule has 0 heterocycles. The van der Waals surface area contributed by atoms with Crippen LogP contribution in [-0.4, -0.2) is 19.4 Å². The van der Waals surface area contributed by atoms with Gasteiger partial charge in [-0.2, -0.15) is 0 Å². The molecular formula is C16H18N2O4S. The molecule has 0 unspecified atom stereocenters. The zero-order chi connectivity index (χ0) is 17.0. The largest absolute Gasteiger partial charge is 0.269 e. The molecule has 0 bridgehead atoms. The van der Waals surface area contributed by atoms with Gasteiger partial charge in [-0.25, -0.2) is 8.42 Å². The molecule has 0 atom stereocenters. The van der Waals surface area contributed by atoms with Crippen molar-refractivity contribution in [3.05, 3.63) is 70.3 Å². The Morgan fingerprint density at radius 3 is 2.09 bits per heavy atom. The second kappa shape index (κ2) is 6.78. The number of sulfonamides is 1. The Kier molecular flexibility index (Phi) is 5.00. The Morgan fingerprint density at radius 1 is 1.04 bits per heavy atom. The van der Waals surface area contributed by atoms with Gasteiger partial charge < -0.3 is 0 Å². The Balaban J connectivity index is 2.30. The van der Waals surface area contributed by atoms with Gasteiger partial charge in [0, 0.05) is 18.2 Å². The number of nitro groups is 1. The monoisotopic (exact) mass is 334 g/mol. The summed E-state index contributed by atoms with van der Waals surface area (Å²) in [7, 11) is -3.60. The van der Waals surface area contributed by atoms with Crippen LogP contribution < -0.4 is 4.31 Å². The standard InChI is InChI=1S/C16H18N2O4S/c1-13(2)17(15-6-4-3-5-7-15)23(21,22)12-14-8-10-16(11-9-14)18(19)20/h3-11,13H,12H2,1-2H3. The third-order valence-corrected chi connectivity index (χ3v) is 5.21. The second-order valence-corrected chi connectivity index (χ2v) is 7.25. The van der Waals surface area contributed by atoms with Gasteiger partial charge in [0.05, 0.1) is 16.4 Å². The fourth-order valence-electron chi connectivity index (χ4n) is 2.35. The first-order valence-electron chi connectivity index (χ1n) is 7.12. The lowest BCUT2D eigenvalue weighted by molar-refractivity contribution is -0.384. The van der Waals surface area contributed by atoms with Crippen molar-refractivity contribution in [2.45, 2.75) is 25.6 Å². The predicted octanol–water partition coefficient (Wildman–Crippen LogP) is 3.34. The number of non-ortho nitro benzene ring substituents is 1. The normalized spacial score (nSPS) is 11.4. The van der Waals surface area contributed by atoms with Crippen LogP contribution in [0.15, 0.2) is 54.6 Å². The van der Waals surface area contributed by atoms with Gasteiger partial charge in [0.2, 0.25) is 10.0 Å². The van der Waals surface area contributed by atoms with Gasteiger partial charge in [-0.1, -0.05) is 30.3 Å². The van der Waals surface area contributed by atoms with Crippen molar-refractivity contribution in [1.82, 2.24) is 0 Å². The minimum absolute atomic E-state index is 0.0603. The van der Waals surface area contributed by atoms with Crippen LogP contribution in [0, 0.1) is 10.1 Å². The molecular weight excluding hydrogens is 316 g/mol. The first-order chi connectivity index (χ1) is 10.8. The maximum Gasteiger partial charge on any atom is 0.269 e. The van der Waals surface area contributed by atoms with Crippen LogP contribution in [0.5, 0.6) is 0 Å². The Bertz CT molecular complexity index is 771. The summed E-state index contributed by atoms with van der Waals surface area (Å²) < 4.78 is 26.9. The Labute approximate surface area is 135 Å². The maximum atomic E-state index is 12.8. The fraction of sp³-hybridized carbons (Fsp3) is 0.250. The molecule has 6 nitrogen and oxygen atoms in total. The van der Waals surface area contributed by atoms with Crippen LogP contribution >= 0.6 is 0 Å². The lowest BCUT2D eigenvalue weighted by Crippen LogP contribution is -2.37. The number of para-hydroxylation sites is 1. The molecule has 0 aliphatic carbocycles. The lowest BCUT2D eigenvalue weighted by Gasteiger charge is -2.28. The molecule has 2 aromatic carbocycles. The molecule has 0 saturated carbocycles. The van der Waals surface area contributed by atoms with E-state index in [1.165, 1.54) is 28.6 Å². The van der Waals surface area contributed by atoms with Gasteiger partial charge in [-0.15, -0.1) is 0 Å². The summed E-state index contributed by atoms with van der Waals surface area (Å²) in [4.78, 5) is 10.1. The molecule has 0 aliphatic rings. The summed E-state index contributed by atoms with van der Waals surface area (Å²) in [6, 6.07) is 14.2. The number of nitrogens with zero attached hydrogens (tertiary/aromatic N) is 2. The molecule has 122 valence electrons. The molecule has 0 fully saturated rings. The van der Waals surface area contributed by atoms with Gasteiger partial charge >= 0.3 is 0 Å². The van der Waals surface area contributed by atoms with Crippen molar-refractivity contribution in [3.63, 3.8) is 0 Å². The number of benzene rings is 2. The molecule has 0 amide bonds. The second-order valence-electron chi connectivity index (χ2n) is 5.40. The van der Waals surface area contributed by atoms with Crippen LogP contribution in [0.1, 0.15) is 19.4 Å². The number of nitro benzene ring substituents is 1. The van der Waals surface area contributed by atoms with Gasteiger partial charge in [-0.3, -0.25) is 14.4 Å². The maximum absolute atomic E-state index is 12.8.